The maximum Gasteiger partial charge on any atom is 0.326 e. The van der Waals surface area contributed by atoms with Crippen molar-refractivity contribution in [3.63, 3.8) is 0 Å². The number of aryl methyl sites for hydroxylation is 1. The Labute approximate surface area is 123 Å². The van der Waals surface area contributed by atoms with Gasteiger partial charge in [-0.25, -0.2) is 4.79 Å². The molecule has 6 heteroatoms. The van der Waals surface area contributed by atoms with E-state index >= 15 is 0 Å². The van der Waals surface area contributed by atoms with E-state index in [-0.39, 0.29) is 5.56 Å². The minimum absolute atomic E-state index is 0.264. The Hall–Kier alpha value is -2.11. The van der Waals surface area contributed by atoms with Crippen LogP contribution >= 0.6 is 0 Å². The topological polar surface area (TPSA) is 88.4 Å². The first kappa shape index (κ1) is 16.9. The van der Waals surface area contributed by atoms with Gasteiger partial charge in [0.1, 0.15) is 11.6 Å². The Balaban J connectivity index is 3.06. The SMILES string of the molecule is CCCC(NC(=O)C(C)(C)n1cccc(C)c1=O)C(=O)O. The van der Waals surface area contributed by atoms with Crippen LogP contribution in [0.1, 0.15) is 39.2 Å². The lowest BCUT2D eigenvalue weighted by atomic mass is 10.0. The lowest BCUT2D eigenvalue weighted by Crippen LogP contribution is -2.53. The largest absolute Gasteiger partial charge is 0.480 e. The number of carbonyl (C=O) groups is 2. The lowest BCUT2D eigenvalue weighted by Gasteiger charge is -2.28. The summed E-state index contributed by atoms with van der Waals surface area (Å²) in [5, 5.41) is 11.6. The summed E-state index contributed by atoms with van der Waals surface area (Å²) < 4.78 is 1.32. The Morgan fingerprint density at radius 2 is 2.05 bits per heavy atom. The van der Waals surface area contributed by atoms with E-state index in [1.54, 1.807) is 32.9 Å². The third kappa shape index (κ3) is 3.71. The van der Waals surface area contributed by atoms with E-state index in [4.69, 9.17) is 5.11 Å². The van der Waals surface area contributed by atoms with Crippen LogP contribution in [0.25, 0.3) is 0 Å². The molecule has 1 rings (SSSR count). The summed E-state index contributed by atoms with van der Waals surface area (Å²) in [7, 11) is 0. The zero-order chi connectivity index (χ0) is 16.2. The van der Waals surface area contributed by atoms with Crippen LogP contribution in [0.4, 0.5) is 0 Å². The predicted octanol–water partition coefficient (Wildman–Crippen LogP) is 1.26. The Morgan fingerprint density at radius 1 is 1.43 bits per heavy atom. The van der Waals surface area contributed by atoms with Crippen molar-refractivity contribution < 1.29 is 14.7 Å². The van der Waals surface area contributed by atoms with Crippen LogP contribution in [0.5, 0.6) is 0 Å². The molecule has 0 spiro atoms. The Kier molecular flexibility index (Phi) is 5.29. The molecule has 0 aliphatic heterocycles. The van der Waals surface area contributed by atoms with Crippen LogP contribution in [-0.2, 0) is 15.1 Å². The first-order chi connectivity index (χ1) is 9.71. The Morgan fingerprint density at radius 3 is 2.57 bits per heavy atom. The molecular formula is C15H22N2O4. The minimum Gasteiger partial charge on any atom is -0.480 e. The quantitative estimate of drug-likeness (QED) is 0.826. The fraction of sp³-hybridized carbons (Fsp3) is 0.533. The van der Waals surface area contributed by atoms with E-state index in [2.05, 4.69) is 5.32 Å². The molecule has 0 aromatic carbocycles. The molecule has 21 heavy (non-hydrogen) atoms. The van der Waals surface area contributed by atoms with Crippen molar-refractivity contribution in [2.75, 3.05) is 0 Å². The maximum atomic E-state index is 12.4. The van der Waals surface area contributed by atoms with Gasteiger partial charge in [-0.15, -0.1) is 0 Å². The van der Waals surface area contributed by atoms with Crippen LogP contribution in [0, 0.1) is 6.92 Å². The van der Waals surface area contributed by atoms with Crippen molar-refractivity contribution in [2.45, 2.75) is 52.1 Å². The summed E-state index contributed by atoms with van der Waals surface area (Å²) in [6.07, 6.45) is 2.52. The average Bonchev–Trinajstić information content (AvgIpc) is 2.40. The highest BCUT2D eigenvalue weighted by Gasteiger charge is 2.33. The third-order valence-electron chi connectivity index (χ3n) is 3.48. The van der Waals surface area contributed by atoms with Crippen LogP contribution in [0.2, 0.25) is 0 Å². The van der Waals surface area contributed by atoms with E-state index < -0.39 is 23.5 Å². The fourth-order valence-corrected chi connectivity index (χ4v) is 2.03. The van der Waals surface area contributed by atoms with Gasteiger partial charge in [0.05, 0.1) is 0 Å². The highest BCUT2D eigenvalue weighted by atomic mass is 16.4. The molecule has 1 amide bonds. The van der Waals surface area contributed by atoms with Gasteiger partial charge in [-0.1, -0.05) is 19.4 Å². The molecule has 116 valence electrons. The van der Waals surface area contributed by atoms with E-state index in [9.17, 15) is 14.4 Å². The van der Waals surface area contributed by atoms with E-state index in [0.717, 1.165) is 0 Å². The highest BCUT2D eigenvalue weighted by molar-refractivity contribution is 5.88. The zero-order valence-electron chi connectivity index (χ0n) is 12.8. The first-order valence-corrected chi connectivity index (χ1v) is 6.94. The molecule has 1 aromatic rings. The molecular weight excluding hydrogens is 272 g/mol. The van der Waals surface area contributed by atoms with E-state index in [1.165, 1.54) is 10.8 Å². The summed E-state index contributed by atoms with van der Waals surface area (Å²) in [6.45, 7) is 6.70. The first-order valence-electron chi connectivity index (χ1n) is 6.94. The van der Waals surface area contributed by atoms with Gasteiger partial charge in [0.15, 0.2) is 0 Å². The van der Waals surface area contributed by atoms with Gasteiger partial charge < -0.3 is 15.0 Å². The van der Waals surface area contributed by atoms with Gasteiger partial charge in [-0.3, -0.25) is 9.59 Å². The van der Waals surface area contributed by atoms with Gasteiger partial charge in [-0.05, 0) is 33.3 Å². The fourth-order valence-electron chi connectivity index (χ4n) is 2.03. The molecule has 0 saturated carbocycles. The van der Waals surface area contributed by atoms with Gasteiger partial charge >= 0.3 is 5.97 Å². The molecule has 6 nitrogen and oxygen atoms in total. The van der Waals surface area contributed by atoms with Crippen molar-refractivity contribution in [3.8, 4) is 0 Å². The van der Waals surface area contributed by atoms with Crippen molar-refractivity contribution in [2.24, 2.45) is 0 Å². The normalized spacial score (nSPS) is 12.8. The van der Waals surface area contributed by atoms with Crippen molar-refractivity contribution >= 4 is 11.9 Å². The second-order valence-corrected chi connectivity index (χ2v) is 5.58. The standard InChI is InChI=1S/C15H22N2O4/c1-5-7-11(13(19)20)16-14(21)15(3,4)17-9-6-8-10(2)12(17)18/h6,8-9,11H,5,7H2,1-4H3,(H,16,21)(H,19,20). The highest BCUT2D eigenvalue weighted by Crippen LogP contribution is 2.14. The summed E-state index contributed by atoms with van der Waals surface area (Å²) in [5.74, 6) is -1.56. The molecule has 1 unspecified atom stereocenters. The number of carboxylic acids is 1. The van der Waals surface area contributed by atoms with E-state index in [0.29, 0.717) is 18.4 Å². The predicted molar refractivity (Wildman–Crippen MR) is 79.2 cm³/mol. The number of hydrogen-bond acceptors (Lipinski definition) is 3. The summed E-state index contributed by atoms with van der Waals surface area (Å²) in [5.41, 5.74) is -0.897. The molecule has 0 aliphatic carbocycles. The van der Waals surface area contributed by atoms with E-state index in [1.807, 2.05) is 6.92 Å². The number of nitrogens with zero attached hydrogens (tertiary/aromatic N) is 1. The second-order valence-electron chi connectivity index (χ2n) is 5.58. The number of aliphatic carboxylic acids is 1. The van der Waals surface area contributed by atoms with Gasteiger partial charge in [0.25, 0.3) is 5.56 Å². The number of amides is 1. The van der Waals surface area contributed by atoms with Crippen LogP contribution < -0.4 is 10.9 Å². The van der Waals surface area contributed by atoms with Crippen LogP contribution in [-0.4, -0.2) is 27.6 Å². The number of pyridine rings is 1. The van der Waals surface area contributed by atoms with Crippen LogP contribution in [0.15, 0.2) is 23.1 Å². The smallest absolute Gasteiger partial charge is 0.326 e. The molecule has 1 heterocycles. The molecule has 1 aromatic heterocycles. The second kappa shape index (κ2) is 6.56. The monoisotopic (exact) mass is 294 g/mol. The zero-order valence-corrected chi connectivity index (χ0v) is 12.8. The summed E-state index contributed by atoms with van der Waals surface area (Å²) >= 11 is 0. The molecule has 0 fully saturated rings. The van der Waals surface area contributed by atoms with Gasteiger partial charge in [-0.2, -0.15) is 0 Å². The third-order valence-corrected chi connectivity index (χ3v) is 3.48. The number of rotatable bonds is 6. The molecule has 2 N–H and O–H groups in total. The van der Waals surface area contributed by atoms with Gasteiger partial charge in [0, 0.05) is 11.8 Å². The summed E-state index contributed by atoms with van der Waals surface area (Å²) in [4.78, 5) is 35.6. The molecule has 0 bridgehead atoms. The number of nitrogens with one attached hydrogen (secondary N) is 1. The van der Waals surface area contributed by atoms with Crippen molar-refractivity contribution in [3.05, 3.63) is 34.2 Å². The number of carboxylic acid groups (broad SMARTS) is 1. The molecule has 1 atom stereocenters. The molecule has 0 radical (unpaired) electrons. The van der Waals surface area contributed by atoms with Crippen LogP contribution in [0.3, 0.4) is 0 Å². The maximum absolute atomic E-state index is 12.4. The van der Waals surface area contributed by atoms with Crippen molar-refractivity contribution in [1.82, 2.24) is 9.88 Å². The lowest BCUT2D eigenvalue weighted by molar-refractivity contribution is -0.143. The molecule has 0 saturated heterocycles. The average molecular weight is 294 g/mol. The number of hydrogen-bond donors (Lipinski definition) is 2. The van der Waals surface area contributed by atoms with Crippen molar-refractivity contribution in [1.29, 1.82) is 0 Å². The summed E-state index contributed by atoms with van der Waals surface area (Å²) in [6, 6.07) is 2.42. The van der Waals surface area contributed by atoms with Gasteiger partial charge in [0.2, 0.25) is 5.91 Å². The Bertz CT molecular complexity index is 590. The number of aromatic nitrogens is 1. The number of carbonyl (C=O) groups excluding carboxylic acids is 1. The minimum atomic E-state index is -1.16. The molecule has 0 aliphatic rings.